The van der Waals surface area contributed by atoms with Crippen LogP contribution in [0.2, 0.25) is 0 Å². The molecule has 0 amide bonds. The summed E-state index contributed by atoms with van der Waals surface area (Å²) in [7, 11) is 0. The molecule has 0 rings (SSSR count). The summed E-state index contributed by atoms with van der Waals surface area (Å²) in [6, 6.07) is 0. The lowest BCUT2D eigenvalue weighted by Crippen LogP contribution is -1.99. The van der Waals surface area contributed by atoms with Crippen LogP contribution >= 0.6 is 0 Å². The van der Waals surface area contributed by atoms with Gasteiger partial charge >= 0.3 is 0 Å². The average Bonchev–Trinajstić information content (AvgIpc) is 2.19. The largest absolute Gasteiger partial charge is 0.305 e. The van der Waals surface area contributed by atoms with Crippen molar-refractivity contribution in [3.05, 3.63) is 36.5 Å². The zero-order valence-corrected chi connectivity index (χ0v) is 8.50. The third-order valence-corrected chi connectivity index (χ3v) is 1.06. The predicted octanol–water partition coefficient (Wildman–Crippen LogP) is 2.92. The van der Waals surface area contributed by atoms with Gasteiger partial charge in [-0.15, -0.1) is 0 Å². The van der Waals surface area contributed by atoms with Crippen molar-refractivity contribution in [3.63, 3.8) is 0 Å². The number of Topliss-reactive ketones (excluding diaryl/α,β-unsaturated/α-hetero) is 1. The van der Waals surface area contributed by atoms with Gasteiger partial charge in [0, 0.05) is 5.57 Å². The highest BCUT2D eigenvalue weighted by Crippen LogP contribution is 1.97. The fourth-order valence-electron chi connectivity index (χ4n) is 0.610. The highest BCUT2D eigenvalue weighted by molar-refractivity contribution is 6.35. The molecule has 0 aromatic rings. The first kappa shape index (κ1) is 14.1. The quantitative estimate of drug-likeness (QED) is 0.402. The first-order valence-electron chi connectivity index (χ1n) is 4.26. The fraction of sp³-hybridized carbons (Fsp3) is 0.273. The summed E-state index contributed by atoms with van der Waals surface area (Å²) in [5, 5.41) is 6.71. The molecule has 0 spiro atoms. The Hall–Kier alpha value is -1.44. The van der Waals surface area contributed by atoms with E-state index in [2.05, 4.69) is 6.58 Å². The van der Waals surface area contributed by atoms with Crippen molar-refractivity contribution < 1.29 is 4.79 Å². The molecule has 1 N–H and O–H groups in total. The van der Waals surface area contributed by atoms with Crippen LogP contribution in [0.4, 0.5) is 0 Å². The van der Waals surface area contributed by atoms with Gasteiger partial charge in [-0.1, -0.05) is 44.7 Å². The van der Waals surface area contributed by atoms with Crippen LogP contribution in [0.1, 0.15) is 20.8 Å². The van der Waals surface area contributed by atoms with Gasteiger partial charge in [0.1, 0.15) is 0 Å². The van der Waals surface area contributed by atoms with Crippen molar-refractivity contribution in [1.82, 2.24) is 0 Å². The molecule has 13 heavy (non-hydrogen) atoms. The molecule has 2 nitrogen and oxygen atoms in total. The molecule has 0 aromatic carbocycles. The molecule has 0 fully saturated rings. The second-order valence-corrected chi connectivity index (χ2v) is 1.87. The average molecular weight is 179 g/mol. The van der Waals surface area contributed by atoms with Crippen LogP contribution < -0.4 is 0 Å². The highest BCUT2D eigenvalue weighted by Gasteiger charge is 1.98. The van der Waals surface area contributed by atoms with E-state index in [1.54, 1.807) is 18.2 Å². The van der Waals surface area contributed by atoms with E-state index in [0.717, 1.165) is 6.21 Å². The van der Waals surface area contributed by atoms with Crippen LogP contribution in [-0.2, 0) is 4.79 Å². The summed E-state index contributed by atoms with van der Waals surface area (Å²) in [6.07, 6.45) is 7.28. The summed E-state index contributed by atoms with van der Waals surface area (Å²) >= 11 is 0. The highest BCUT2D eigenvalue weighted by atomic mass is 16.1. The monoisotopic (exact) mass is 179 g/mol. The summed E-state index contributed by atoms with van der Waals surface area (Å²) in [6.45, 7) is 9.28. The normalized spacial score (nSPS) is 10.2. The number of hydrogen-bond donors (Lipinski definition) is 1. The predicted molar refractivity (Wildman–Crippen MR) is 58.2 cm³/mol. The van der Waals surface area contributed by atoms with E-state index in [9.17, 15) is 4.79 Å². The molecule has 0 atom stereocenters. The number of carbonyl (C=O) groups excluding carboxylic acids is 1. The van der Waals surface area contributed by atoms with E-state index in [0.29, 0.717) is 5.57 Å². The molecular weight excluding hydrogens is 162 g/mol. The Bertz CT molecular complexity index is 224. The van der Waals surface area contributed by atoms with Crippen molar-refractivity contribution in [3.8, 4) is 0 Å². The van der Waals surface area contributed by atoms with Crippen molar-refractivity contribution >= 4 is 12.0 Å². The van der Waals surface area contributed by atoms with Gasteiger partial charge in [-0.25, -0.2) is 0 Å². The zero-order valence-electron chi connectivity index (χ0n) is 8.50. The topological polar surface area (TPSA) is 40.9 Å². The van der Waals surface area contributed by atoms with Gasteiger partial charge in [0.25, 0.3) is 0 Å². The molecule has 0 aromatic heterocycles. The Labute approximate surface area is 80.2 Å². The standard InChI is InChI=1S/C9H11NO.C2H6/c1-3-5-8(6-4-2)9(11)7-10;1-2/h3-7,10H,1H2,2H3;1-2H3/b6-4-,8-5+,10-7?;. The lowest BCUT2D eigenvalue weighted by molar-refractivity contribution is -0.109. The second-order valence-electron chi connectivity index (χ2n) is 1.87. The van der Waals surface area contributed by atoms with Crippen LogP contribution in [0, 0.1) is 5.41 Å². The maximum Gasteiger partial charge on any atom is 0.203 e. The minimum Gasteiger partial charge on any atom is -0.305 e. The van der Waals surface area contributed by atoms with Crippen molar-refractivity contribution in [1.29, 1.82) is 5.41 Å². The summed E-state index contributed by atoms with van der Waals surface area (Å²) in [5.74, 6) is -0.303. The molecule has 0 saturated heterocycles. The minimum absolute atomic E-state index is 0.303. The third kappa shape index (κ3) is 6.94. The second kappa shape index (κ2) is 10.6. The smallest absolute Gasteiger partial charge is 0.203 e. The van der Waals surface area contributed by atoms with Gasteiger partial charge in [-0.2, -0.15) is 0 Å². The van der Waals surface area contributed by atoms with Gasteiger partial charge < -0.3 is 5.41 Å². The minimum atomic E-state index is -0.303. The maximum absolute atomic E-state index is 10.9. The van der Waals surface area contributed by atoms with Crippen LogP contribution in [0.3, 0.4) is 0 Å². The lowest BCUT2D eigenvalue weighted by atomic mass is 10.1. The fourth-order valence-corrected chi connectivity index (χ4v) is 0.610. The van der Waals surface area contributed by atoms with Crippen LogP contribution in [0.5, 0.6) is 0 Å². The van der Waals surface area contributed by atoms with Crippen molar-refractivity contribution in [2.75, 3.05) is 0 Å². The molecule has 0 aliphatic heterocycles. The first-order valence-corrected chi connectivity index (χ1v) is 4.26. The molecule has 0 aliphatic carbocycles. The molecule has 0 unspecified atom stereocenters. The van der Waals surface area contributed by atoms with Gasteiger partial charge in [0.05, 0.1) is 6.21 Å². The lowest BCUT2D eigenvalue weighted by Gasteiger charge is -1.91. The van der Waals surface area contributed by atoms with Gasteiger partial charge in [0.15, 0.2) is 0 Å². The van der Waals surface area contributed by atoms with Crippen LogP contribution in [-0.4, -0.2) is 12.0 Å². The Morgan fingerprint density at radius 3 is 2.23 bits per heavy atom. The Morgan fingerprint density at radius 2 is 1.92 bits per heavy atom. The zero-order chi connectivity index (χ0) is 10.7. The van der Waals surface area contributed by atoms with E-state index < -0.39 is 0 Å². The van der Waals surface area contributed by atoms with E-state index in [-0.39, 0.29) is 5.78 Å². The summed E-state index contributed by atoms with van der Waals surface area (Å²) in [4.78, 5) is 10.9. The van der Waals surface area contributed by atoms with E-state index >= 15 is 0 Å². The van der Waals surface area contributed by atoms with E-state index in [4.69, 9.17) is 5.41 Å². The molecular formula is C11H17NO. The molecule has 72 valence electrons. The molecule has 0 radical (unpaired) electrons. The molecule has 0 saturated carbocycles. The summed E-state index contributed by atoms with van der Waals surface area (Å²) in [5.41, 5.74) is 0.484. The third-order valence-electron chi connectivity index (χ3n) is 1.06. The van der Waals surface area contributed by atoms with Crippen molar-refractivity contribution in [2.24, 2.45) is 0 Å². The van der Waals surface area contributed by atoms with Gasteiger partial charge in [-0.05, 0) is 6.92 Å². The first-order chi connectivity index (χ1) is 6.26. The Kier molecular flexibility index (Phi) is 11.5. The SMILES string of the molecule is C=C/C=C(\C=C/C)C(=O)C=N.CC. The molecule has 0 heterocycles. The Balaban J connectivity index is 0. The number of allylic oxidation sites excluding steroid dienone is 5. The van der Waals surface area contributed by atoms with Gasteiger partial charge in [0.2, 0.25) is 5.78 Å². The number of hydrogen-bond acceptors (Lipinski definition) is 2. The number of nitrogens with one attached hydrogen (secondary N) is 1. The van der Waals surface area contributed by atoms with E-state index in [1.165, 1.54) is 6.08 Å². The maximum atomic E-state index is 10.9. The summed E-state index contributed by atoms with van der Waals surface area (Å²) < 4.78 is 0. The van der Waals surface area contributed by atoms with E-state index in [1.807, 2.05) is 20.8 Å². The van der Waals surface area contributed by atoms with Crippen LogP contribution in [0.15, 0.2) is 36.5 Å². The van der Waals surface area contributed by atoms with Crippen molar-refractivity contribution in [2.45, 2.75) is 20.8 Å². The molecule has 0 aliphatic rings. The number of rotatable bonds is 4. The Morgan fingerprint density at radius 1 is 1.38 bits per heavy atom. The van der Waals surface area contributed by atoms with Gasteiger partial charge in [-0.3, -0.25) is 4.79 Å². The number of carbonyl (C=O) groups is 1. The molecule has 2 heteroatoms. The number of ketones is 1. The molecule has 0 bridgehead atoms. The van der Waals surface area contributed by atoms with Crippen LogP contribution in [0.25, 0.3) is 0 Å².